The van der Waals surface area contributed by atoms with Crippen molar-refractivity contribution in [1.29, 1.82) is 0 Å². The van der Waals surface area contributed by atoms with E-state index in [1.165, 1.54) is 0 Å². The molecule has 4 heteroatoms. The lowest BCUT2D eigenvalue weighted by Crippen LogP contribution is -2.34. The Morgan fingerprint density at radius 2 is 2.29 bits per heavy atom. The molecule has 0 aliphatic heterocycles. The van der Waals surface area contributed by atoms with Crippen LogP contribution in [0.15, 0.2) is 18.3 Å². The van der Waals surface area contributed by atoms with Crippen LogP contribution in [0.4, 0.5) is 0 Å². The Morgan fingerprint density at radius 3 is 2.79 bits per heavy atom. The van der Waals surface area contributed by atoms with E-state index in [1.807, 2.05) is 6.07 Å². The second kappa shape index (κ2) is 5.34. The topological polar surface area (TPSA) is 54.0 Å². The molecule has 0 saturated carbocycles. The van der Waals surface area contributed by atoms with Gasteiger partial charge in [-0.1, -0.05) is 19.4 Å². The summed E-state index contributed by atoms with van der Waals surface area (Å²) in [5.74, 6) is -0.212. The van der Waals surface area contributed by atoms with E-state index in [0.717, 1.165) is 18.4 Å². The first-order valence-electron chi connectivity index (χ1n) is 4.70. The molecule has 0 atom stereocenters. The van der Waals surface area contributed by atoms with Crippen LogP contribution in [0.25, 0.3) is 0 Å². The molecule has 0 bridgehead atoms. The minimum atomic E-state index is -0.212. The number of carbonyl (C=O) groups excluding carboxylic acids is 1. The Labute approximate surface area is 83.7 Å². The molecule has 0 unspecified atom stereocenters. The number of rotatable bonds is 4. The molecule has 0 saturated heterocycles. The number of aryl methyl sites for hydroxylation is 1. The molecule has 1 aromatic heterocycles. The fraction of sp³-hybridized carbons (Fsp3) is 0.400. The molecule has 0 spiro atoms. The number of amides is 1. The highest BCUT2D eigenvalue weighted by molar-refractivity contribution is 5.91. The van der Waals surface area contributed by atoms with Crippen molar-refractivity contribution < 1.29 is 4.79 Å². The van der Waals surface area contributed by atoms with Crippen LogP contribution < -0.4 is 10.9 Å². The van der Waals surface area contributed by atoms with Gasteiger partial charge in [-0.05, 0) is 18.1 Å². The van der Waals surface area contributed by atoms with Crippen LogP contribution in [0, 0.1) is 0 Å². The van der Waals surface area contributed by atoms with Crippen molar-refractivity contribution in [2.45, 2.75) is 19.8 Å². The summed E-state index contributed by atoms with van der Waals surface area (Å²) < 4.78 is 0. The molecule has 0 fully saturated rings. The van der Waals surface area contributed by atoms with Gasteiger partial charge in [-0.2, -0.15) is 0 Å². The fourth-order valence-corrected chi connectivity index (χ4v) is 1.17. The van der Waals surface area contributed by atoms with Gasteiger partial charge in [0, 0.05) is 13.2 Å². The molecule has 4 nitrogen and oxygen atoms in total. The van der Waals surface area contributed by atoms with Gasteiger partial charge in [-0.3, -0.25) is 15.2 Å². The Balaban J connectivity index is 2.67. The number of nitrogens with one attached hydrogen (secondary N) is 2. The van der Waals surface area contributed by atoms with Crippen molar-refractivity contribution in [3.05, 3.63) is 29.6 Å². The summed E-state index contributed by atoms with van der Waals surface area (Å²) in [5, 5.41) is 0. The van der Waals surface area contributed by atoms with E-state index in [0.29, 0.717) is 5.69 Å². The lowest BCUT2D eigenvalue weighted by atomic mass is 10.1. The highest BCUT2D eigenvalue weighted by atomic mass is 16.2. The average Bonchev–Trinajstić information content (AvgIpc) is 2.20. The van der Waals surface area contributed by atoms with Crippen LogP contribution in [0.1, 0.15) is 29.4 Å². The van der Waals surface area contributed by atoms with E-state index in [-0.39, 0.29) is 5.91 Å². The fourth-order valence-electron chi connectivity index (χ4n) is 1.17. The number of hydrazine groups is 1. The molecule has 1 aromatic rings. The molecule has 0 radical (unpaired) electrons. The van der Waals surface area contributed by atoms with E-state index in [9.17, 15) is 4.79 Å². The molecule has 1 heterocycles. The summed E-state index contributed by atoms with van der Waals surface area (Å²) >= 11 is 0. The third kappa shape index (κ3) is 2.81. The maximum absolute atomic E-state index is 11.3. The smallest absolute Gasteiger partial charge is 0.283 e. The largest absolute Gasteiger partial charge is 0.286 e. The second-order valence-corrected chi connectivity index (χ2v) is 3.01. The van der Waals surface area contributed by atoms with Crippen LogP contribution in [-0.2, 0) is 6.42 Å². The maximum atomic E-state index is 11.3. The number of aromatic nitrogens is 1. The van der Waals surface area contributed by atoms with E-state index in [4.69, 9.17) is 0 Å². The molecule has 14 heavy (non-hydrogen) atoms. The normalized spacial score (nSPS) is 9.86. The number of carbonyl (C=O) groups is 1. The number of pyridine rings is 1. The monoisotopic (exact) mass is 193 g/mol. The van der Waals surface area contributed by atoms with Crippen molar-refractivity contribution in [3.8, 4) is 0 Å². The van der Waals surface area contributed by atoms with Crippen LogP contribution >= 0.6 is 0 Å². The lowest BCUT2D eigenvalue weighted by molar-refractivity contribution is 0.0933. The number of nitrogens with zero attached hydrogens (tertiary/aromatic N) is 1. The summed E-state index contributed by atoms with van der Waals surface area (Å²) in [7, 11) is 1.64. The molecule has 2 N–H and O–H groups in total. The van der Waals surface area contributed by atoms with Crippen molar-refractivity contribution >= 4 is 5.91 Å². The zero-order valence-electron chi connectivity index (χ0n) is 8.50. The van der Waals surface area contributed by atoms with Gasteiger partial charge in [0.25, 0.3) is 5.91 Å². The van der Waals surface area contributed by atoms with Crippen molar-refractivity contribution in [1.82, 2.24) is 15.8 Å². The molecule has 1 rings (SSSR count). The second-order valence-electron chi connectivity index (χ2n) is 3.01. The quantitative estimate of drug-likeness (QED) is 0.698. The standard InChI is InChI=1S/C10H15N3O/c1-3-4-8-5-6-9(12-7-8)10(14)13-11-2/h5-7,11H,3-4H2,1-2H3,(H,13,14). The summed E-state index contributed by atoms with van der Waals surface area (Å²) in [5.41, 5.74) is 6.62. The Hall–Kier alpha value is -1.42. The first kappa shape index (κ1) is 10.7. The first-order valence-corrected chi connectivity index (χ1v) is 4.70. The molecular weight excluding hydrogens is 178 g/mol. The third-order valence-electron chi connectivity index (χ3n) is 1.83. The first-order chi connectivity index (χ1) is 6.77. The molecular formula is C10H15N3O. The summed E-state index contributed by atoms with van der Waals surface area (Å²) in [6.07, 6.45) is 3.83. The minimum absolute atomic E-state index is 0.212. The van der Waals surface area contributed by atoms with E-state index in [1.54, 1.807) is 19.3 Å². The van der Waals surface area contributed by atoms with Gasteiger partial charge in [0.05, 0.1) is 0 Å². The van der Waals surface area contributed by atoms with Crippen molar-refractivity contribution in [3.63, 3.8) is 0 Å². The van der Waals surface area contributed by atoms with E-state index in [2.05, 4.69) is 22.8 Å². The predicted molar refractivity (Wildman–Crippen MR) is 54.8 cm³/mol. The zero-order valence-corrected chi connectivity index (χ0v) is 8.50. The van der Waals surface area contributed by atoms with Gasteiger partial charge < -0.3 is 0 Å². The molecule has 1 amide bonds. The van der Waals surface area contributed by atoms with Crippen LogP contribution in [0.3, 0.4) is 0 Å². The SMILES string of the molecule is CCCc1ccc(C(=O)NNC)nc1. The number of hydrogen-bond donors (Lipinski definition) is 2. The van der Waals surface area contributed by atoms with Gasteiger partial charge in [-0.15, -0.1) is 0 Å². The Bertz CT molecular complexity index is 295. The molecule has 0 aliphatic carbocycles. The summed E-state index contributed by atoms with van der Waals surface area (Å²) in [6.45, 7) is 2.11. The summed E-state index contributed by atoms with van der Waals surface area (Å²) in [4.78, 5) is 15.3. The minimum Gasteiger partial charge on any atom is -0.286 e. The van der Waals surface area contributed by atoms with E-state index < -0.39 is 0 Å². The molecule has 0 aliphatic rings. The van der Waals surface area contributed by atoms with E-state index >= 15 is 0 Å². The predicted octanol–water partition coefficient (Wildman–Crippen LogP) is 0.898. The van der Waals surface area contributed by atoms with Crippen LogP contribution in [0.5, 0.6) is 0 Å². The van der Waals surface area contributed by atoms with Crippen LogP contribution in [-0.4, -0.2) is 17.9 Å². The maximum Gasteiger partial charge on any atom is 0.283 e. The Kier molecular flexibility index (Phi) is 4.07. The van der Waals surface area contributed by atoms with Crippen LogP contribution in [0.2, 0.25) is 0 Å². The molecule has 0 aromatic carbocycles. The summed E-state index contributed by atoms with van der Waals surface area (Å²) in [6, 6.07) is 3.67. The third-order valence-corrected chi connectivity index (χ3v) is 1.83. The van der Waals surface area contributed by atoms with Crippen molar-refractivity contribution in [2.24, 2.45) is 0 Å². The zero-order chi connectivity index (χ0) is 10.4. The highest BCUT2D eigenvalue weighted by Gasteiger charge is 2.04. The average molecular weight is 193 g/mol. The highest BCUT2D eigenvalue weighted by Crippen LogP contribution is 2.02. The lowest BCUT2D eigenvalue weighted by Gasteiger charge is -2.02. The van der Waals surface area contributed by atoms with Crippen molar-refractivity contribution in [2.75, 3.05) is 7.05 Å². The van der Waals surface area contributed by atoms with Gasteiger partial charge in [0.2, 0.25) is 0 Å². The Morgan fingerprint density at radius 1 is 1.50 bits per heavy atom. The van der Waals surface area contributed by atoms with Gasteiger partial charge in [-0.25, -0.2) is 5.43 Å². The van der Waals surface area contributed by atoms with Gasteiger partial charge in [0.15, 0.2) is 0 Å². The van der Waals surface area contributed by atoms with Gasteiger partial charge in [0.1, 0.15) is 5.69 Å². The number of hydrogen-bond acceptors (Lipinski definition) is 3. The van der Waals surface area contributed by atoms with Gasteiger partial charge >= 0.3 is 0 Å². The molecule has 76 valence electrons.